The molecule has 3 nitrogen and oxygen atoms in total. The van der Waals surface area contributed by atoms with E-state index < -0.39 is 0 Å². The van der Waals surface area contributed by atoms with Crippen LogP contribution in [0.2, 0.25) is 0 Å². The maximum atomic E-state index is 4.14. The molecular formula is C11H13N3S. The van der Waals surface area contributed by atoms with E-state index >= 15 is 0 Å². The topological polar surface area (TPSA) is 37.8 Å². The molecule has 2 aromatic heterocycles. The first-order valence-corrected chi connectivity index (χ1v) is 5.86. The quantitative estimate of drug-likeness (QED) is 0.780. The van der Waals surface area contributed by atoms with Crippen LogP contribution in [0.3, 0.4) is 0 Å². The van der Waals surface area contributed by atoms with Crippen LogP contribution >= 0.6 is 11.3 Å². The summed E-state index contributed by atoms with van der Waals surface area (Å²) >= 11 is 1.75. The summed E-state index contributed by atoms with van der Waals surface area (Å²) < 4.78 is 0. The van der Waals surface area contributed by atoms with Gasteiger partial charge >= 0.3 is 0 Å². The predicted molar refractivity (Wildman–Crippen MR) is 61.8 cm³/mol. The zero-order chi connectivity index (χ0) is 10.3. The number of nitrogens with zero attached hydrogens (tertiary/aromatic N) is 2. The maximum absolute atomic E-state index is 4.14. The molecule has 0 radical (unpaired) electrons. The molecule has 2 aromatic rings. The van der Waals surface area contributed by atoms with Gasteiger partial charge in [-0.15, -0.1) is 0 Å². The Morgan fingerprint density at radius 2 is 2.33 bits per heavy atom. The second-order valence-corrected chi connectivity index (χ2v) is 4.04. The number of hydrogen-bond acceptors (Lipinski definition) is 4. The second kappa shape index (κ2) is 5.58. The summed E-state index contributed by atoms with van der Waals surface area (Å²) in [4.78, 5) is 8.02. The Kier molecular flexibility index (Phi) is 3.82. The summed E-state index contributed by atoms with van der Waals surface area (Å²) in [7, 11) is 0. The lowest BCUT2D eigenvalue weighted by atomic mass is 10.2. The van der Waals surface area contributed by atoms with Gasteiger partial charge in [-0.25, -0.2) is 9.97 Å². The van der Waals surface area contributed by atoms with Crippen molar-refractivity contribution in [3.63, 3.8) is 0 Å². The maximum Gasteiger partial charge on any atom is 0.115 e. The zero-order valence-corrected chi connectivity index (χ0v) is 9.20. The first-order chi connectivity index (χ1) is 7.45. The molecule has 0 saturated heterocycles. The highest BCUT2D eigenvalue weighted by molar-refractivity contribution is 7.07. The molecule has 0 spiro atoms. The number of thiophene rings is 1. The SMILES string of the molecule is c1cc(CNCCc2ccsc2)ncn1. The second-order valence-electron chi connectivity index (χ2n) is 3.26. The lowest BCUT2D eigenvalue weighted by Gasteiger charge is -2.02. The number of rotatable bonds is 5. The van der Waals surface area contributed by atoms with Gasteiger partial charge in [-0.3, -0.25) is 0 Å². The van der Waals surface area contributed by atoms with Crippen LogP contribution < -0.4 is 5.32 Å². The molecule has 78 valence electrons. The summed E-state index contributed by atoms with van der Waals surface area (Å²) in [5.41, 5.74) is 2.44. The third kappa shape index (κ3) is 3.42. The molecule has 0 aliphatic carbocycles. The number of hydrogen-bond donors (Lipinski definition) is 1. The highest BCUT2D eigenvalue weighted by Crippen LogP contribution is 2.05. The van der Waals surface area contributed by atoms with Crippen LogP contribution in [0.25, 0.3) is 0 Å². The molecule has 0 aliphatic rings. The summed E-state index contributed by atoms with van der Waals surface area (Å²) in [5.74, 6) is 0. The van der Waals surface area contributed by atoms with Gasteiger partial charge in [-0.05, 0) is 41.4 Å². The van der Waals surface area contributed by atoms with E-state index in [4.69, 9.17) is 0 Å². The normalized spacial score (nSPS) is 10.4. The molecule has 2 rings (SSSR count). The molecule has 0 amide bonds. The summed E-state index contributed by atoms with van der Waals surface area (Å²) in [5, 5.41) is 7.65. The van der Waals surface area contributed by atoms with E-state index in [-0.39, 0.29) is 0 Å². The Bertz CT molecular complexity index is 372. The Hall–Kier alpha value is -1.26. The number of aromatic nitrogens is 2. The van der Waals surface area contributed by atoms with E-state index in [0.717, 1.165) is 25.2 Å². The smallest absolute Gasteiger partial charge is 0.115 e. The van der Waals surface area contributed by atoms with E-state index in [2.05, 4.69) is 32.1 Å². The fraction of sp³-hybridized carbons (Fsp3) is 0.273. The van der Waals surface area contributed by atoms with E-state index in [1.165, 1.54) is 5.56 Å². The van der Waals surface area contributed by atoms with Gasteiger partial charge in [0, 0.05) is 12.7 Å². The molecule has 0 saturated carbocycles. The van der Waals surface area contributed by atoms with Crippen LogP contribution in [0.5, 0.6) is 0 Å². The van der Waals surface area contributed by atoms with Crippen molar-refractivity contribution < 1.29 is 0 Å². The van der Waals surface area contributed by atoms with Crippen molar-refractivity contribution in [1.29, 1.82) is 0 Å². The van der Waals surface area contributed by atoms with Gasteiger partial charge < -0.3 is 5.32 Å². The fourth-order valence-corrected chi connectivity index (χ4v) is 2.01. The number of nitrogens with one attached hydrogen (secondary N) is 1. The van der Waals surface area contributed by atoms with Gasteiger partial charge in [-0.2, -0.15) is 11.3 Å². The van der Waals surface area contributed by atoms with Gasteiger partial charge in [0.2, 0.25) is 0 Å². The molecule has 0 bridgehead atoms. The van der Waals surface area contributed by atoms with E-state index in [1.807, 2.05) is 6.07 Å². The largest absolute Gasteiger partial charge is 0.311 e. The highest BCUT2D eigenvalue weighted by atomic mass is 32.1. The molecule has 0 unspecified atom stereocenters. The highest BCUT2D eigenvalue weighted by Gasteiger charge is 1.94. The average molecular weight is 219 g/mol. The summed E-state index contributed by atoms with van der Waals surface area (Å²) in [6, 6.07) is 4.09. The molecule has 15 heavy (non-hydrogen) atoms. The van der Waals surface area contributed by atoms with Crippen LogP contribution in [0.4, 0.5) is 0 Å². The van der Waals surface area contributed by atoms with Gasteiger partial charge in [0.1, 0.15) is 6.33 Å². The molecule has 4 heteroatoms. The van der Waals surface area contributed by atoms with Crippen LogP contribution in [-0.2, 0) is 13.0 Å². The first-order valence-electron chi connectivity index (χ1n) is 4.92. The molecular weight excluding hydrogens is 206 g/mol. The Morgan fingerprint density at radius 1 is 1.33 bits per heavy atom. The van der Waals surface area contributed by atoms with Crippen LogP contribution in [-0.4, -0.2) is 16.5 Å². The lowest BCUT2D eigenvalue weighted by molar-refractivity contribution is 0.674. The van der Waals surface area contributed by atoms with Crippen molar-refractivity contribution in [2.24, 2.45) is 0 Å². The van der Waals surface area contributed by atoms with Gasteiger partial charge in [-0.1, -0.05) is 0 Å². The average Bonchev–Trinajstić information content (AvgIpc) is 2.79. The van der Waals surface area contributed by atoms with E-state index in [1.54, 1.807) is 23.9 Å². The molecule has 0 atom stereocenters. The molecule has 2 heterocycles. The van der Waals surface area contributed by atoms with Crippen molar-refractivity contribution in [2.75, 3.05) is 6.54 Å². The first kappa shape index (κ1) is 10.3. The Labute approximate surface area is 93.2 Å². The zero-order valence-electron chi connectivity index (χ0n) is 8.39. The van der Waals surface area contributed by atoms with Crippen molar-refractivity contribution in [3.8, 4) is 0 Å². The Balaban J connectivity index is 1.68. The third-order valence-electron chi connectivity index (χ3n) is 2.12. The van der Waals surface area contributed by atoms with Crippen LogP contribution in [0.1, 0.15) is 11.3 Å². The monoisotopic (exact) mass is 219 g/mol. The van der Waals surface area contributed by atoms with Crippen molar-refractivity contribution in [1.82, 2.24) is 15.3 Å². The lowest BCUT2D eigenvalue weighted by Crippen LogP contribution is -2.17. The van der Waals surface area contributed by atoms with Crippen LogP contribution in [0.15, 0.2) is 35.4 Å². The van der Waals surface area contributed by atoms with Gasteiger partial charge in [0.15, 0.2) is 0 Å². The summed E-state index contributed by atoms with van der Waals surface area (Å²) in [6.45, 7) is 1.80. The van der Waals surface area contributed by atoms with Crippen LogP contribution in [0, 0.1) is 0 Å². The van der Waals surface area contributed by atoms with Gasteiger partial charge in [0.05, 0.1) is 5.69 Å². The van der Waals surface area contributed by atoms with Gasteiger partial charge in [0.25, 0.3) is 0 Å². The van der Waals surface area contributed by atoms with E-state index in [9.17, 15) is 0 Å². The summed E-state index contributed by atoms with van der Waals surface area (Å²) in [6.07, 6.45) is 4.42. The van der Waals surface area contributed by atoms with Crippen molar-refractivity contribution in [2.45, 2.75) is 13.0 Å². The minimum absolute atomic E-state index is 0.812. The molecule has 0 fully saturated rings. The van der Waals surface area contributed by atoms with Crippen molar-refractivity contribution >= 4 is 11.3 Å². The molecule has 1 N–H and O–H groups in total. The minimum atomic E-state index is 0.812. The van der Waals surface area contributed by atoms with E-state index in [0.29, 0.717) is 0 Å². The molecule has 0 aromatic carbocycles. The molecule has 0 aliphatic heterocycles. The van der Waals surface area contributed by atoms with Crippen molar-refractivity contribution in [3.05, 3.63) is 46.7 Å². The fourth-order valence-electron chi connectivity index (χ4n) is 1.31. The minimum Gasteiger partial charge on any atom is -0.311 e. The predicted octanol–water partition coefficient (Wildman–Crippen LogP) is 1.87. The standard InChI is InChI=1S/C11H13N3S/c1(10-3-6-15-8-10)4-12-7-11-2-5-13-9-14-11/h2-3,5-6,8-9,12H,1,4,7H2. The Morgan fingerprint density at radius 3 is 3.07 bits per heavy atom. The third-order valence-corrected chi connectivity index (χ3v) is 2.85.